The Morgan fingerprint density at radius 1 is 1.42 bits per heavy atom. The molecule has 2 heterocycles. The van der Waals surface area contributed by atoms with Gasteiger partial charge in [0.05, 0.1) is 0 Å². The summed E-state index contributed by atoms with van der Waals surface area (Å²) in [6, 6.07) is 0.523. The predicted octanol–water partition coefficient (Wildman–Crippen LogP) is 2.91. The van der Waals surface area contributed by atoms with Crippen molar-refractivity contribution in [2.24, 2.45) is 4.99 Å². The molecule has 0 aliphatic carbocycles. The third kappa shape index (κ3) is 9.72. The molecule has 150 valence electrons. The lowest BCUT2D eigenvalue weighted by Crippen LogP contribution is -2.49. The standard InChI is InChI=1S/C17H31N5OS2.HI/c1-18-16(19-7-3-13-24-17-20-8-14-25-17)21-15-5-10-22(11-6-15)9-4-12-23-2;/h8,14-15H,3-7,9-13H2,1-2H3,(H2,18,19,21);1H. The highest BCUT2D eigenvalue weighted by Gasteiger charge is 2.19. The van der Waals surface area contributed by atoms with Crippen molar-refractivity contribution in [1.29, 1.82) is 0 Å². The Hall–Kier alpha value is -0.100. The largest absolute Gasteiger partial charge is 0.385 e. The molecule has 1 fully saturated rings. The molecule has 0 spiro atoms. The number of hydrogen-bond acceptors (Lipinski definition) is 6. The molecule has 2 N–H and O–H groups in total. The third-order valence-corrected chi connectivity index (χ3v) is 6.28. The number of rotatable bonds is 10. The number of guanidine groups is 1. The molecule has 1 aliphatic rings. The number of hydrogen-bond donors (Lipinski definition) is 2. The fourth-order valence-electron chi connectivity index (χ4n) is 2.84. The summed E-state index contributed by atoms with van der Waals surface area (Å²) in [7, 11) is 3.62. The molecule has 26 heavy (non-hydrogen) atoms. The molecule has 1 aromatic heterocycles. The van der Waals surface area contributed by atoms with Gasteiger partial charge >= 0.3 is 0 Å². The van der Waals surface area contributed by atoms with Gasteiger partial charge in [-0.25, -0.2) is 4.98 Å². The number of piperidine rings is 1. The molecule has 0 saturated carbocycles. The van der Waals surface area contributed by atoms with Crippen molar-refractivity contribution < 1.29 is 4.74 Å². The average molecular weight is 514 g/mol. The fraction of sp³-hybridized carbons (Fsp3) is 0.765. The van der Waals surface area contributed by atoms with Gasteiger partial charge in [-0.2, -0.15) is 0 Å². The second-order valence-corrected chi connectivity index (χ2v) is 8.34. The number of aliphatic imine (C=N–C) groups is 1. The number of methoxy groups -OCH3 is 1. The molecule has 6 nitrogen and oxygen atoms in total. The van der Waals surface area contributed by atoms with Crippen LogP contribution in [0.25, 0.3) is 0 Å². The second-order valence-electron chi connectivity index (χ2n) is 6.11. The molecule has 0 atom stereocenters. The van der Waals surface area contributed by atoms with Gasteiger partial charge in [0.15, 0.2) is 5.96 Å². The van der Waals surface area contributed by atoms with E-state index >= 15 is 0 Å². The summed E-state index contributed by atoms with van der Waals surface area (Å²) in [5.74, 6) is 2.01. The topological polar surface area (TPSA) is 61.8 Å². The first-order valence-corrected chi connectivity index (χ1v) is 10.9. The lowest BCUT2D eigenvalue weighted by Gasteiger charge is -2.33. The summed E-state index contributed by atoms with van der Waals surface area (Å²) < 4.78 is 6.28. The number of thioether (sulfide) groups is 1. The normalized spacial score (nSPS) is 16.3. The number of aromatic nitrogens is 1. The van der Waals surface area contributed by atoms with Crippen LogP contribution in [0.3, 0.4) is 0 Å². The summed E-state index contributed by atoms with van der Waals surface area (Å²) in [4.78, 5) is 11.2. The zero-order valence-electron chi connectivity index (χ0n) is 15.8. The van der Waals surface area contributed by atoms with Crippen molar-refractivity contribution in [3.05, 3.63) is 11.6 Å². The molecule has 2 rings (SSSR count). The molecule has 1 aromatic rings. The van der Waals surface area contributed by atoms with Crippen LogP contribution >= 0.6 is 47.1 Å². The summed E-state index contributed by atoms with van der Waals surface area (Å²) in [6.07, 6.45) is 6.43. The highest BCUT2D eigenvalue weighted by atomic mass is 127. The van der Waals surface area contributed by atoms with Crippen LogP contribution in [0, 0.1) is 0 Å². The number of nitrogens with zero attached hydrogens (tertiary/aromatic N) is 3. The second kappa shape index (κ2) is 14.9. The van der Waals surface area contributed by atoms with Crippen LogP contribution in [0.2, 0.25) is 0 Å². The fourth-order valence-corrected chi connectivity index (χ4v) is 4.49. The van der Waals surface area contributed by atoms with Crippen molar-refractivity contribution in [3.63, 3.8) is 0 Å². The van der Waals surface area contributed by atoms with Crippen molar-refractivity contribution in [2.45, 2.75) is 36.1 Å². The Bertz CT molecular complexity index is 482. The lowest BCUT2D eigenvalue weighted by molar-refractivity contribution is 0.155. The Labute approximate surface area is 183 Å². The maximum atomic E-state index is 5.13. The van der Waals surface area contributed by atoms with Crippen LogP contribution in [0.15, 0.2) is 20.9 Å². The van der Waals surface area contributed by atoms with Crippen molar-refractivity contribution in [2.75, 3.05) is 52.7 Å². The summed E-state index contributed by atoms with van der Waals surface area (Å²) in [5, 5.41) is 9.02. The van der Waals surface area contributed by atoms with E-state index < -0.39 is 0 Å². The van der Waals surface area contributed by atoms with E-state index in [1.807, 2.05) is 30.4 Å². The van der Waals surface area contributed by atoms with Gasteiger partial charge in [-0.1, -0.05) is 11.8 Å². The molecule has 1 aliphatic heterocycles. The first-order valence-electron chi connectivity index (χ1n) is 9.02. The summed E-state index contributed by atoms with van der Waals surface area (Å²) in [5.41, 5.74) is 0. The van der Waals surface area contributed by atoms with Gasteiger partial charge in [-0.05, 0) is 25.7 Å². The molecular formula is C17H32IN5OS2. The zero-order valence-corrected chi connectivity index (χ0v) is 19.7. The highest BCUT2D eigenvalue weighted by molar-refractivity contribution is 14.0. The Morgan fingerprint density at radius 2 is 2.23 bits per heavy atom. The molecule has 1 saturated heterocycles. The minimum atomic E-state index is 0. The number of nitrogens with one attached hydrogen (secondary N) is 2. The smallest absolute Gasteiger partial charge is 0.191 e. The first kappa shape index (κ1) is 23.9. The quantitative estimate of drug-likeness (QED) is 0.165. The molecule has 0 aromatic carbocycles. The van der Waals surface area contributed by atoms with E-state index in [-0.39, 0.29) is 24.0 Å². The third-order valence-electron chi connectivity index (χ3n) is 4.22. The van der Waals surface area contributed by atoms with Gasteiger partial charge in [-0.3, -0.25) is 4.99 Å². The molecular weight excluding hydrogens is 481 g/mol. The zero-order chi connectivity index (χ0) is 17.7. The van der Waals surface area contributed by atoms with Crippen molar-refractivity contribution >= 4 is 53.0 Å². The first-order chi connectivity index (χ1) is 12.3. The van der Waals surface area contributed by atoms with Gasteiger partial charge in [0.1, 0.15) is 4.34 Å². The van der Waals surface area contributed by atoms with Crippen LogP contribution in [0.1, 0.15) is 25.7 Å². The van der Waals surface area contributed by atoms with Crippen LogP contribution in [0.5, 0.6) is 0 Å². The van der Waals surface area contributed by atoms with E-state index in [4.69, 9.17) is 4.74 Å². The molecule has 0 unspecified atom stereocenters. The molecule has 9 heteroatoms. The highest BCUT2D eigenvalue weighted by Crippen LogP contribution is 2.20. The van der Waals surface area contributed by atoms with Gasteiger partial charge in [0, 0.05) is 70.3 Å². The summed E-state index contributed by atoms with van der Waals surface area (Å²) in [6.45, 7) is 5.25. The maximum Gasteiger partial charge on any atom is 0.191 e. The SMILES string of the molecule is CN=C(NCCCSc1nccs1)NC1CCN(CCCOC)CC1.I. The minimum absolute atomic E-state index is 0. The molecule has 0 amide bonds. The Balaban J connectivity index is 0.00000338. The van der Waals surface area contributed by atoms with Crippen LogP contribution < -0.4 is 10.6 Å². The average Bonchev–Trinajstić information content (AvgIpc) is 3.15. The maximum absolute atomic E-state index is 5.13. The van der Waals surface area contributed by atoms with E-state index in [2.05, 4.69) is 25.5 Å². The number of ether oxygens (including phenoxy) is 1. The lowest BCUT2D eigenvalue weighted by atomic mass is 10.1. The Morgan fingerprint density at radius 3 is 2.88 bits per heavy atom. The number of halogens is 1. The van der Waals surface area contributed by atoms with Gasteiger partial charge in [0.25, 0.3) is 0 Å². The van der Waals surface area contributed by atoms with Crippen LogP contribution in [-0.2, 0) is 4.74 Å². The van der Waals surface area contributed by atoms with Crippen molar-refractivity contribution in [1.82, 2.24) is 20.5 Å². The monoisotopic (exact) mass is 513 g/mol. The minimum Gasteiger partial charge on any atom is -0.385 e. The number of thiazole rings is 1. The number of likely N-dealkylation sites (tertiary alicyclic amines) is 1. The van der Waals surface area contributed by atoms with Crippen molar-refractivity contribution in [3.8, 4) is 0 Å². The van der Waals surface area contributed by atoms with E-state index in [9.17, 15) is 0 Å². The molecule has 0 bridgehead atoms. The van der Waals surface area contributed by atoms with E-state index in [1.165, 1.54) is 12.8 Å². The van der Waals surface area contributed by atoms with Gasteiger partial charge < -0.3 is 20.3 Å². The Kier molecular flexibility index (Phi) is 13.7. The van der Waals surface area contributed by atoms with E-state index in [0.717, 1.165) is 61.7 Å². The van der Waals surface area contributed by atoms with Crippen LogP contribution in [-0.4, -0.2) is 74.6 Å². The summed E-state index contributed by atoms with van der Waals surface area (Å²) >= 11 is 3.53. The van der Waals surface area contributed by atoms with Gasteiger partial charge in [-0.15, -0.1) is 35.3 Å². The predicted molar refractivity (Wildman–Crippen MR) is 123 cm³/mol. The van der Waals surface area contributed by atoms with Crippen LogP contribution in [0.4, 0.5) is 0 Å². The van der Waals surface area contributed by atoms with E-state index in [0.29, 0.717) is 6.04 Å². The van der Waals surface area contributed by atoms with E-state index in [1.54, 1.807) is 18.4 Å². The molecule has 0 radical (unpaired) electrons. The van der Waals surface area contributed by atoms with Gasteiger partial charge in [0.2, 0.25) is 0 Å².